The van der Waals surface area contributed by atoms with Gasteiger partial charge in [-0.2, -0.15) is 0 Å². The van der Waals surface area contributed by atoms with Gasteiger partial charge in [-0.15, -0.1) is 10.2 Å². The first-order valence-corrected chi connectivity index (χ1v) is 10.2. The van der Waals surface area contributed by atoms with E-state index in [4.69, 9.17) is 0 Å². The minimum atomic E-state index is 0.964. The summed E-state index contributed by atoms with van der Waals surface area (Å²) in [6.07, 6.45) is 8.46. The summed E-state index contributed by atoms with van der Waals surface area (Å²) >= 11 is 1.76. The number of para-hydroxylation sites is 1. The van der Waals surface area contributed by atoms with Gasteiger partial charge in [-0.05, 0) is 55.5 Å². The van der Waals surface area contributed by atoms with Gasteiger partial charge in [0.25, 0.3) is 0 Å². The molecule has 0 saturated carbocycles. The maximum absolute atomic E-state index is 4.55. The van der Waals surface area contributed by atoms with Crippen molar-refractivity contribution in [2.24, 2.45) is 0 Å². The summed E-state index contributed by atoms with van der Waals surface area (Å²) in [5.74, 6) is 1.94. The van der Waals surface area contributed by atoms with Gasteiger partial charge in [-0.25, -0.2) is 0 Å². The summed E-state index contributed by atoms with van der Waals surface area (Å²) in [7, 11) is 0. The maximum atomic E-state index is 4.55. The minimum Gasteiger partial charge on any atom is -0.341 e. The van der Waals surface area contributed by atoms with E-state index < -0.39 is 0 Å². The van der Waals surface area contributed by atoms with Crippen LogP contribution in [0.5, 0.6) is 0 Å². The van der Waals surface area contributed by atoms with Crippen molar-refractivity contribution in [2.45, 2.75) is 30.8 Å². The zero-order valence-corrected chi connectivity index (χ0v) is 15.6. The number of aromatic nitrogens is 4. The highest BCUT2D eigenvalue weighted by Crippen LogP contribution is 2.28. The summed E-state index contributed by atoms with van der Waals surface area (Å²) in [6, 6.07) is 14.6. The predicted molar refractivity (Wildman–Crippen MR) is 106 cm³/mol. The zero-order valence-electron chi connectivity index (χ0n) is 14.8. The van der Waals surface area contributed by atoms with Crippen LogP contribution in [0.25, 0.3) is 5.69 Å². The van der Waals surface area contributed by atoms with Crippen molar-refractivity contribution in [3.05, 3.63) is 60.4 Å². The number of aryl methyl sites for hydroxylation is 1. The first-order chi connectivity index (χ1) is 12.9. The van der Waals surface area contributed by atoms with Gasteiger partial charge in [-0.1, -0.05) is 30.0 Å². The fourth-order valence-corrected chi connectivity index (χ4v) is 4.20. The van der Waals surface area contributed by atoms with Crippen LogP contribution in [0.2, 0.25) is 0 Å². The molecular formula is C20H23N5S. The second-order valence-corrected chi connectivity index (χ2v) is 7.52. The summed E-state index contributed by atoms with van der Waals surface area (Å²) in [6.45, 7) is 2.12. The molecule has 0 aliphatic carbocycles. The van der Waals surface area contributed by atoms with Gasteiger partial charge in [0.05, 0.1) is 5.69 Å². The van der Waals surface area contributed by atoms with Gasteiger partial charge >= 0.3 is 0 Å². The molecule has 0 unspecified atom stereocenters. The van der Waals surface area contributed by atoms with Crippen LogP contribution in [0, 0.1) is 0 Å². The summed E-state index contributed by atoms with van der Waals surface area (Å²) < 4.78 is 2.21. The standard InChI is InChI=1S/C20H23N5S/c1-3-7-18(8-4-1)25-19(24-14-5-2-6-15-24)22-23-20(25)26-16-11-17-9-12-21-13-10-17/h1,3-4,7-10,12-13H,2,5-6,11,14-16H2. The largest absolute Gasteiger partial charge is 0.341 e. The first-order valence-electron chi connectivity index (χ1n) is 9.19. The molecule has 134 valence electrons. The van der Waals surface area contributed by atoms with Gasteiger partial charge in [0.1, 0.15) is 0 Å². The minimum absolute atomic E-state index is 0.964. The molecule has 0 bridgehead atoms. The van der Waals surface area contributed by atoms with Crippen molar-refractivity contribution < 1.29 is 0 Å². The van der Waals surface area contributed by atoms with Crippen molar-refractivity contribution in [1.82, 2.24) is 19.7 Å². The highest BCUT2D eigenvalue weighted by molar-refractivity contribution is 7.99. The second-order valence-electron chi connectivity index (χ2n) is 6.46. The average molecular weight is 366 g/mol. The Morgan fingerprint density at radius 1 is 0.885 bits per heavy atom. The third-order valence-electron chi connectivity index (χ3n) is 4.64. The lowest BCUT2D eigenvalue weighted by molar-refractivity contribution is 0.564. The lowest BCUT2D eigenvalue weighted by Gasteiger charge is -2.27. The molecule has 1 fully saturated rings. The molecular weight excluding hydrogens is 342 g/mol. The highest BCUT2D eigenvalue weighted by Gasteiger charge is 2.21. The SMILES string of the molecule is c1ccc(-n2c(SCCc3ccncc3)nnc2N2CCCCC2)cc1. The number of benzene rings is 1. The van der Waals surface area contributed by atoms with Crippen molar-refractivity contribution >= 4 is 17.7 Å². The molecule has 0 spiro atoms. The van der Waals surface area contributed by atoms with Gasteiger partial charge in [0.2, 0.25) is 5.95 Å². The first kappa shape index (κ1) is 17.1. The smallest absolute Gasteiger partial charge is 0.232 e. The van der Waals surface area contributed by atoms with Crippen LogP contribution in [0.4, 0.5) is 5.95 Å². The molecule has 1 aliphatic rings. The molecule has 4 rings (SSSR count). The highest BCUT2D eigenvalue weighted by atomic mass is 32.2. The molecule has 0 atom stereocenters. The van der Waals surface area contributed by atoms with E-state index in [1.807, 2.05) is 18.5 Å². The monoisotopic (exact) mass is 365 g/mol. The normalized spacial score (nSPS) is 14.5. The summed E-state index contributed by atoms with van der Waals surface area (Å²) in [5.41, 5.74) is 2.43. The number of anilines is 1. The number of hydrogen-bond acceptors (Lipinski definition) is 5. The molecule has 1 aliphatic heterocycles. The molecule has 2 aromatic heterocycles. The lowest BCUT2D eigenvalue weighted by atomic mass is 10.1. The van der Waals surface area contributed by atoms with E-state index in [2.05, 4.69) is 61.0 Å². The topological polar surface area (TPSA) is 46.8 Å². The Kier molecular flexibility index (Phi) is 5.50. The van der Waals surface area contributed by atoms with E-state index >= 15 is 0 Å². The van der Waals surface area contributed by atoms with Crippen LogP contribution >= 0.6 is 11.8 Å². The third-order valence-corrected chi connectivity index (χ3v) is 5.57. The van der Waals surface area contributed by atoms with Gasteiger partial charge in [0, 0.05) is 31.2 Å². The number of rotatable bonds is 6. The Morgan fingerprint density at radius 3 is 2.42 bits per heavy atom. The Hall–Kier alpha value is -2.34. The van der Waals surface area contributed by atoms with E-state index in [0.29, 0.717) is 0 Å². The van der Waals surface area contributed by atoms with Crippen LogP contribution < -0.4 is 4.90 Å². The van der Waals surface area contributed by atoms with Crippen molar-refractivity contribution in [1.29, 1.82) is 0 Å². The van der Waals surface area contributed by atoms with Crippen LogP contribution in [-0.2, 0) is 6.42 Å². The fourth-order valence-electron chi connectivity index (χ4n) is 3.27. The van der Waals surface area contributed by atoms with E-state index in [1.54, 1.807) is 11.8 Å². The Bertz CT molecular complexity index is 813. The number of nitrogens with zero attached hydrogens (tertiary/aromatic N) is 5. The summed E-state index contributed by atoms with van der Waals surface area (Å²) in [5, 5.41) is 10.0. The van der Waals surface area contributed by atoms with Crippen LogP contribution in [-0.4, -0.2) is 38.6 Å². The van der Waals surface area contributed by atoms with Crippen LogP contribution in [0.3, 0.4) is 0 Å². The Morgan fingerprint density at radius 2 is 1.65 bits per heavy atom. The van der Waals surface area contributed by atoms with Crippen LogP contribution in [0.15, 0.2) is 60.0 Å². The molecule has 5 nitrogen and oxygen atoms in total. The third kappa shape index (κ3) is 3.90. The van der Waals surface area contributed by atoms with E-state index in [0.717, 1.165) is 42.1 Å². The molecule has 26 heavy (non-hydrogen) atoms. The number of piperidine rings is 1. The molecule has 3 aromatic rings. The number of pyridine rings is 1. The number of hydrogen-bond donors (Lipinski definition) is 0. The van der Waals surface area contributed by atoms with Gasteiger partial charge < -0.3 is 4.90 Å². The van der Waals surface area contributed by atoms with Crippen molar-refractivity contribution in [3.8, 4) is 5.69 Å². The quantitative estimate of drug-likeness (QED) is 0.618. The molecule has 0 radical (unpaired) electrons. The molecule has 6 heteroatoms. The molecule has 1 aromatic carbocycles. The zero-order chi connectivity index (χ0) is 17.6. The summed E-state index contributed by atoms with van der Waals surface area (Å²) in [4.78, 5) is 6.45. The fraction of sp³-hybridized carbons (Fsp3) is 0.350. The van der Waals surface area contributed by atoms with Crippen molar-refractivity contribution in [2.75, 3.05) is 23.7 Å². The molecule has 1 saturated heterocycles. The van der Waals surface area contributed by atoms with E-state index in [-0.39, 0.29) is 0 Å². The maximum Gasteiger partial charge on any atom is 0.232 e. The van der Waals surface area contributed by atoms with Gasteiger partial charge in [0.15, 0.2) is 5.16 Å². The number of thioether (sulfide) groups is 1. The Labute approximate surface area is 158 Å². The van der Waals surface area contributed by atoms with Crippen molar-refractivity contribution in [3.63, 3.8) is 0 Å². The van der Waals surface area contributed by atoms with Crippen LogP contribution in [0.1, 0.15) is 24.8 Å². The predicted octanol–water partition coefficient (Wildman–Crippen LogP) is 3.99. The van der Waals surface area contributed by atoms with Gasteiger partial charge in [-0.3, -0.25) is 9.55 Å². The molecule has 3 heterocycles. The van der Waals surface area contributed by atoms with E-state index in [1.165, 1.54) is 24.8 Å². The molecule has 0 N–H and O–H groups in total. The van der Waals surface area contributed by atoms with E-state index in [9.17, 15) is 0 Å². The lowest BCUT2D eigenvalue weighted by Crippen LogP contribution is -2.31. The Balaban J connectivity index is 1.56. The average Bonchev–Trinajstić information content (AvgIpc) is 3.14. The molecule has 0 amide bonds. The second kappa shape index (κ2) is 8.36.